The van der Waals surface area contributed by atoms with Gasteiger partial charge in [-0.1, -0.05) is 62.6 Å². The molecule has 0 spiro atoms. The number of ether oxygens (including phenoxy) is 1. The first kappa shape index (κ1) is 32.1. The van der Waals surface area contributed by atoms with E-state index < -0.39 is 28.5 Å². The largest absolute Gasteiger partial charge is 0.497 e. The number of nitrogens with one attached hydrogen (secondary N) is 1. The minimum absolute atomic E-state index is 0.0819. The van der Waals surface area contributed by atoms with Crippen molar-refractivity contribution in [3.05, 3.63) is 89.5 Å². The molecule has 4 rings (SSSR count). The van der Waals surface area contributed by atoms with E-state index in [2.05, 4.69) is 5.32 Å². The zero-order valence-corrected chi connectivity index (χ0v) is 26.4. The van der Waals surface area contributed by atoms with Crippen LogP contribution in [0.25, 0.3) is 0 Å². The summed E-state index contributed by atoms with van der Waals surface area (Å²) in [6.45, 7) is 5.35. The monoisotopic (exact) mass is 605 g/mol. The fraction of sp³-hybridized carbons (Fsp3) is 0.412. The van der Waals surface area contributed by atoms with Gasteiger partial charge in [-0.2, -0.15) is 0 Å². The average Bonchev–Trinajstić information content (AvgIpc) is 3.00. The zero-order chi connectivity index (χ0) is 31.0. The minimum atomic E-state index is -4.10. The molecule has 1 aliphatic carbocycles. The molecule has 1 saturated carbocycles. The second kappa shape index (κ2) is 14.6. The van der Waals surface area contributed by atoms with Crippen molar-refractivity contribution in [2.75, 3.05) is 18.0 Å². The smallest absolute Gasteiger partial charge is 0.264 e. The number of rotatable bonds is 12. The molecular formula is C34H43N3O5S. The molecule has 1 atom stereocenters. The molecule has 0 bridgehead atoms. The highest BCUT2D eigenvalue weighted by molar-refractivity contribution is 7.92. The second-order valence-electron chi connectivity index (χ2n) is 11.3. The summed E-state index contributed by atoms with van der Waals surface area (Å²) in [4.78, 5) is 29.6. The maximum atomic E-state index is 14.3. The van der Waals surface area contributed by atoms with Crippen LogP contribution >= 0.6 is 0 Å². The highest BCUT2D eigenvalue weighted by atomic mass is 32.2. The lowest BCUT2D eigenvalue weighted by Crippen LogP contribution is -2.54. The fourth-order valence-corrected chi connectivity index (χ4v) is 7.15. The van der Waals surface area contributed by atoms with Crippen LogP contribution in [0, 0.1) is 13.8 Å². The van der Waals surface area contributed by atoms with E-state index in [0.717, 1.165) is 53.1 Å². The van der Waals surface area contributed by atoms with Crippen molar-refractivity contribution in [1.82, 2.24) is 10.2 Å². The predicted molar refractivity (Wildman–Crippen MR) is 170 cm³/mol. The number of nitrogens with zero attached hydrogens (tertiary/aromatic N) is 2. The Hall–Kier alpha value is -3.85. The van der Waals surface area contributed by atoms with E-state index >= 15 is 0 Å². The SMILES string of the molecule is CCC(C(=O)NC1CCCCC1)N(Cc1ccc(OC)cc1)C(=O)CN(c1cc(C)cc(C)c1)S(=O)(=O)c1ccccc1. The lowest BCUT2D eigenvalue weighted by molar-refractivity contribution is -0.140. The molecule has 0 aliphatic heterocycles. The van der Waals surface area contributed by atoms with Crippen LogP contribution in [0.5, 0.6) is 5.75 Å². The summed E-state index contributed by atoms with van der Waals surface area (Å²) in [5.41, 5.74) is 2.97. The van der Waals surface area contributed by atoms with E-state index in [0.29, 0.717) is 17.9 Å². The van der Waals surface area contributed by atoms with Crippen molar-refractivity contribution in [2.24, 2.45) is 0 Å². The molecule has 8 nitrogen and oxygen atoms in total. The molecule has 1 unspecified atom stereocenters. The van der Waals surface area contributed by atoms with Crippen LogP contribution in [0.15, 0.2) is 77.7 Å². The number of aryl methyl sites for hydroxylation is 2. The van der Waals surface area contributed by atoms with Crippen molar-refractivity contribution in [2.45, 2.75) is 82.8 Å². The van der Waals surface area contributed by atoms with E-state index in [1.807, 2.05) is 51.1 Å². The van der Waals surface area contributed by atoms with E-state index in [1.165, 1.54) is 17.0 Å². The molecule has 0 saturated heterocycles. The highest BCUT2D eigenvalue weighted by Crippen LogP contribution is 2.27. The summed E-state index contributed by atoms with van der Waals surface area (Å²) in [5.74, 6) is 0.0129. The number of sulfonamides is 1. The van der Waals surface area contributed by atoms with Gasteiger partial charge in [-0.25, -0.2) is 8.42 Å². The summed E-state index contributed by atoms with van der Waals surface area (Å²) in [6, 6.07) is 20.2. The highest BCUT2D eigenvalue weighted by Gasteiger charge is 2.34. The first-order valence-electron chi connectivity index (χ1n) is 15.0. The fourth-order valence-electron chi connectivity index (χ4n) is 5.73. The molecule has 1 N–H and O–H groups in total. The molecule has 2 amide bonds. The van der Waals surface area contributed by atoms with Crippen molar-refractivity contribution >= 4 is 27.5 Å². The topological polar surface area (TPSA) is 96.0 Å². The van der Waals surface area contributed by atoms with Crippen LogP contribution in [0.2, 0.25) is 0 Å². The standard InChI is InChI=1S/C34H43N3O5S/c1-5-32(34(39)35-28-12-8-6-9-13-28)36(23-27-16-18-30(42-4)19-17-27)33(38)24-37(29-21-25(2)20-26(3)22-29)43(40,41)31-14-10-7-11-15-31/h7,10-11,14-22,28,32H,5-6,8-9,12-13,23-24H2,1-4H3,(H,35,39). The number of hydrogen-bond donors (Lipinski definition) is 1. The van der Waals surface area contributed by atoms with Crippen molar-refractivity contribution in [3.63, 3.8) is 0 Å². The molecule has 1 fully saturated rings. The van der Waals surface area contributed by atoms with Gasteiger partial charge in [0, 0.05) is 12.6 Å². The number of carbonyl (C=O) groups is 2. The Balaban J connectivity index is 1.72. The molecule has 9 heteroatoms. The Labute approximate surface area is 256 Å². The molecule has 3 aromatic rings. The molecule has 0 aromatic heterocycles. The van der Waals surface area contributed by atoms with Crippen molar-refractivity contribution < 1.29 is 22.7 Å². The van der Waals surface area contributed by atoms with Crippen molar-refractivity contribution in [1.29, 1.82) is 0 Å². The van der Waals surface area contributed by atoms with E-state index in [1.54, 1.807) is 37.4 Å². The molecular weight excluding hydrogens is 562 g/mol. The minimum Gasteiger partial charge on any atom is -0.497 e. The van der Waals surface area contributed by atoms with Crippen LogP contribution in [0.4, 0.5) is 5.69 Å². The Morgan fingerprint density at radius 3 is 2.14 bits per heavy atom. The summed E-state index contributed by atoms with van der Waals surface area (Å²) < 4.78 is 34.5. The maximum Gasteiger partial charge on any atom is 0.264 e. The first-order valence-corrected chi connectivity index (χ1v) is 16.4. The Morgan fingerprint density at radius 1 is 0.930 bits per heavy atom. The number of benzene rings is 3. The number of amides is 2. The van der Waals surface area contributed by atoms with Gasteiger partial charge in [0.25, 0.3) is 10.0 Å². The summed E-state index contributed by atoms with van der Waals surface area (Å²) in [7, 11) is -2.52. The Morgan fingerprint density at radius 2 is 1.56 bits per heavy atom. The summed E-state index contributed by atoms with van der Waals surface area (Å²) in [5, 5.41) is 3.18. The molecule has 0 radical (unpaired) electrons. The predicted octanol–water partition coefficient (Wildman–Crippen LogP) is 5.76. The van der Waals surface area contributed by atoms with Gasteiger partial charge in [-0.15, -0.1) is 0 Å². The maximum absolute atomic E-state index is 14.3. The normalized spacial score (nSPS) is 14.5. The molecule has 3 aromatic carbocycles. The third kappa shape index (κ3) is 8.16. The van der Waals surface area contributed by atoms with E-state index in [4.69, 9.17) is 4.74 Å². The summed E-state index contributed by atoms with van der Waals surface area (Å²) in [6.07, 6.45) is 5.52. The number of hydrogen-bond acceptors (Lipinski definition) is 5. The number of anilines is 1. The van der Waals surface area contributed by atoms with Gasteiger partial charge >= 0.3 is 0 Å². The van der Waals surface area contributed by atoms with Crippen LogP contribution in [-0.2, 0) is 26.2 Å². The van der Waals surface area contributed by atoms with Crippen LogP contribution in [0.3, 0.4) is 0 Å². The quantitative estimate of drug-likeness (QED) is 0.283. The average molecular weight is 606 g/mol. The van der Waals surface area contributed by atoms with Crippen molar-refractivity contribution in [3.8, 4) is 5.75 Å². The zero-order valence-electron chi connectivity index (χ0n) is 25.6. The lowest BCUT2D eigenvalue weighted by Gasteiger charge is -2.34. The van der Waals surface area contributed by atoms with Gasteiger partial charge in [0.05, 0.1) is 17.7 Å². The van der Waals surface area contributed by atoms with Gasteiger partial charge in [0.15, 0.2) is 0 Å². The molecule has 1 aliphatic rings. The van der Waals surface area contributed by atoms with Crippen LogP contribution in [-0.4, -0.2) is 50.9 Å². The Bertz CT molecular complexity index is 1470. The van der Waals surface area contributed by atoms with Gasteiger partial charge in [0.2, 0.25) is 11.8 Å². The van der Waals surface area contributed by atoms with E-state index in [-0.39, 0.29) is 23.4 Å². The number of methoxy groups -OCH3 is 1. The van der Waals surface area contributed by atoms with Crippen LogP contribution < -0.4 is 14.4 Å². The van der Waals surface area contributed by atoms with Crippen LogP contribution in [0.1, 0.15) is 62.1 Å². The third-order valence-electron chi connectivity index (χ3n) is 7.95. The molecule has 230 valence electrons. The van der Waals surface area contributed by atoms with Gasteiger partial charge < -0.3 is 15.0 Å². The first-order chi connectivity index (χ1) is 20.6. The van der Waals surface area contributed by atoms with Gasteiger partial charge in [-0.05, 0) is 86.2 Å². The second-order valence-corrected chi connectivity index (χ2v) is 13.2. The lowest BCUT2D eigenvalue weighted by atomic mass is 9.95. The van der Waals surface area contributed by atoms with Gasteiger partial charge in [-0.3, -0.25) is 13.9 Å². The molecule has 0 heterocycles. The van der Waals surface area contributed by atoms with Gasteiger partial charge in [0.1, 0.15) is 18.3 Å². The third-order valence-corrected chi connectivity index (χ3v) is 9.74. The molecule has 43 heavy (non-hydrogen) atoms. The Kier molecular flexibility index (Phi) is 10.9. The summed E-state index contributed by atoms with van der Waals surface area (Å²) >= 11 is 0. The van der Waals surface area contributed by atoms with E-state index in [9.17, 15) is 18.0 Å². The number of carbonyl (C=O) groups excluding carboxylic acids is 2.